The summed E-state index contributed by atoms with van der Waals surface area (Å²) in [7, 11) is 0. The smallest absolute Gasteiger partial charge is 0.303 e. The minimum Gasteiger partial charge on any atom is -0.481 e. The van der Waals surface area contributed by atoms with Gasteiger partial charge in [-0.2, -0.15) is 0 Å². The first-order chi connectivity index (χ1) is 13.0. The van der Waals surface area contributed by atoms with Crippen molar-refractivity contribution < 1.29 is 19.8 Å². The summed E-state index contributed by atoms with van der Waals surface area (Å²) in [6, 6.07) is 0. The molecule has 3 atom stereocenters. The lowest BCUT2D eigenvalue weighted by atomic mass is 9.63. The number of aliphatic hydroxyl groups is 1. The van der Waals surface area contributed by atoms with Crippen LogP contribution in [0.2, 0.25) is 0 Å². The van der Waals surface area contributed by atoms with Gasteiger partial charge in [-0.3, -0.25) is 9.59 Å². The number of rotatable bonds is 12. The van der Waals surface area contributed by atoms with Crippen LogP contribution in [0.5, 0.6) is 0 Å². The monoisotopic (exact) mass is 376 g/mol. The molecule has 0 bridgehead atoms. The van der Waals surface area contributed by atoms with Gasteiger partial charge in [0.2, 0.25) is 0 Å². The standard InChI is InChI=1S/C23H36O4/c1-2-13-23(15-9-16-23)14-8-7-11-19-18(20(24)17-21(19)25)10-5-3-4-6-12-22(26)27/h3,5,7,11,18-19,21,25H,2,4,6,8-10,12-17H2,1H3,(H,26,27)/b5-3-,11-7-/t18-,19-,21-/m1/s1. The SMILES string of the molecule is CCCC1(CC/C=C\[C@H]2[C@H](O)CC(=O)[C@@H]2C/C=C\CCCC(=O)O)CCC1. The van der Waals surface area contributed by atoms with E-state index < -0.39 is 12.1 Å². The van der Waals surface area contributed by atoms with Gasteiger partial charge in [-0.05, 0) is 56.8 Å². The number of carboxylic acid groups (broad SMARTS) is 1. The zero-order valence-corrected chi connectivity index (χ0v) is 16.7. The van der Waals surface area contributed by atoms with Gasteiger partial charge < -0.3 is 10.2 Å². The Bertz CT molecular complexity index is 545. The quantitative estimate of drug-likeness (QED) is 0.369. The molecule has 0 spiro atoms. The molecule has 2 aliphatic rings. The van der Waals surface area contributed by atoms with Crippen LogP contribution in [0, 0.1) is 17.3 Å². The Labute approximate surface area is 163 Å². The van der Waals surface area contributed by atoms with Crippen molar-refractivity contribution in [2.24, 2.45) is 17.3 Å². The summed E-state index contributed by atoms with van der Waals surface area (Å²) in [5, 5.41) is 18.9. The van der Waals surface area contributed by atoms with Crippen molar-refractivity contribution in [2.45, 2.75) is 90.1 Å². The second kappa shape index (κ2) is 10.8. The van der Waals surface area contributed by atoms with Gasteiger partial charge >= 0.3 is 5.97 Å². The maximum atomic E-state index is 12.2. The fraction of sp³-hybridized carbons (Fsp3) is 0.739. The van der Waals surface area contributed by atoms with Crippen molar-refractivity contribution in [3.63, 3.8) is 0 Å². The zero-order valence-electron chi connectivity index (χ0n) is 16.7. The van der Waals surface area contributed by atoms with E-state index in [-0.39, 0.29) is 30.5 Å². The normalized spacial score (nSPS) is 27.5. The minimum atomic E-state index is -0.773. The molecule has 0 aromatic carbocycles. The number of ketones is 1. The number of hydrogen-bond acceptors (Lipinski definition) is 3. The van der Waals surface area contributed by atoms with Crippen LogP contribution in [0.15, 0.2) is 24.3 Å². The van der Waals surface area contributed by atoms with Gasteiger partial charge in [0.25, 0.3) is 0 Å². The van der Waals surface area contributed by atoms with E-state index in [4.69, 9.17) is 5.11 Å². The third-order valence-corrected chi connectivity index (χ3v) is 6.45. The van der Waals surface area contributed by atoms with E-state index in [1.54, 1.807) is 0 Å². The Morgan fingerprint density at radius 2 is 1.96 bits per heavy atom. The van der Waals surface area contributed by atoms with Crippen LogP contribution in [0.3, 0.4) is 0 Å². The van der Waals surface area contributed by atoms with E-state index >= 15 is 0 Å². The summed E-state index contributed by atoms with van der Waals surface area (Å²) in [6.45, 7) is 2.26. The maximum absolute atomic E-state index is 12.2. The Kier molecular flexibility index (Phi) is 8.75. The van der Waals surface area contributed by atoms with Gasteiger partial charge in [0.15, 0.2) is 0 Å². The predicted octanol–water partition coefficient (Wildman–Crippen LogP) is 5.06. The highest BCUT2D eigenvalue weighted by Gasteiger charge is 2.39. The molecule has 2 aliphatic carbocycles. The third-order valence-electron chi connectivity index (χ3n) is 6.45. The minimum absolute atomic E-state index is 0.0790. The second-order valence-electron chi connectivity index (χ2n) is 8.49. The van der Waals surface area contributed by atoms with E-state index in [2.05, 4.69) is 19.1 Å². The lowest BCUT2D eigenvalue weighted by molar-refractivity contribution is -0.137. The van der Waals surface area contributed by atoms with Crippen LogP contribution in [-0.4, -0.2) is 28.1 Å². The third kappa shape index (κ3) is 6.60. The first-order valence-electron chi connectivity index (χ1n) is 10.7. The molecular weight excluding hydrogens is 340 g/mol. The molecule has 2 rings (SSSR count). The molecule has 27 heavy (non-hydrogen) atoms. The Balaban J connectivity index is 1.79. The van der Waals surface area contributed by atoms with Crippen LogP contribution in [0.1, 0.15) is 84.0 Å². The Hall–Kier alpha value is -1.42. The van der Waals surface area contributed by atoms with Crippen LogP contribution in [0.4, 0.5) is 0 Å². The molecule has 4 nitrogen and oxygen atoms in total. The van der Waals surface area contributed by atoms with E-state index in [1.165, 1.54) is 38.5 Å². The van der Waals surface area contributed by atoms with Gasteiger partial charge in [0.05, 0.1) is 6.10 Å². The molecule has 2 fully saturated rings. The van der Waals surface area contributed by atoms with Crippen molar-refractivity contribution >= 4 is 11.8 Å². The Morgan fingerprint density at radius 1 is 1.19 bits per heavy atom. The van der Waals surface area contributed by atoms with Gasteiger partial charge in [0.1, 0.15) is 5.78 Å². The van der Waals surface area contributed by atoms with Crippen LogP contribution >= 0.6 is 0 Å². The molecule has 2 saturated carbocycles. The predicted molar refractivity (Wildman–Crippen MR) is 107 cm³/mol. The van der Waals surface area contributed by atoms with Crippen LogP contribution in [-0.2, 0) is 9.59 Å². The number of carbonyl (C=O) groups is 2. The summed E-state index contributed by atoms with van der Waals surface area (Å²) >= 11 is 0. The van der Waals surface area contributed by atoms with E-state index in [0.717, 1.165) is 12.8 Å². The summed E-state index contributed by atoms with van der Waals surface area (Å²) in [5.74, 6) is -0.843. The summed E-state index contributed by atoms with van der Waals surface area (Å²) < 4.78 is 0. The molecule has 0 aliphatic heterocycles. The molecule has 0 amide bonds. The molecule has 0 unspecified atom stereocenters. The highest BCUT2D eigenvalue weighted by molar-refractivity contribution is 5.84. The average Bonchev–Trinajstić information content (AvgIpc) is 2.85. The van der Waals surface area contributed by atoms with Gasteiger partial charge in [-0.1, -0.05) is 44.1 Å². The number of aliphatic carboxylic acids is 1. The molecule has 2 N–H and O–H groups in total. The van der Waals surface area contributed by atoms with Crippen molar-refractivity contribution in [3.05, 3.63) is 24.3 Å². The number of carbonyl (C=O) groups excluding carboxylic acids is 1. The second-order valence-corrected chi connectivity index (χ2v) is 8.49. The topological polar surface area (TPSA) is 74.6 Å². The first-order valence-corrected chi connectivity index (χ1v) is 10.7. The number of carboxylic acids is 1. The number of allylic oxidation sites excluding steroid dienone is 3. The number of Topliss-reactive ketones (excluding diaryl/α,β-unsaturated/α-hetero) is 1. The van der Waals surface area contributed by atoms with Gasteiger partial charge in [-0.15, -0.1) is 0 Å². The van der Waals surface area contributed by atoms with E-state index in [9.17, 15) is 14.7 Å². The summed E-state index contributed by atoms with van der Waals surface area (Å²) in [5.41, 5.74) is 0.557. The fourth-order valence-electron chi connectivity index (χ4n) is 4.73. The first kappa shape index (κ1) is 21.9. The maximum Gasteiger partial charge on any atom is 0.303 e. The summed E-state index contributed by atoms with van der Waals surface area (Å²) in [4.78, 5) is 22.7. The molecule has 0 aromatic heterocycles. The Morgan fingerprint density at radius 3 is 2.59 bits per heavy atom. The highest BCUT2D eigenvalue weighted by Crippen LogP contribution is 2.48. The average molecular weight is 377 g/mol. The van der Waals surface area contributed by atoms with Gasteiger partial charge in [0, 0.05) is 24.7 Å². The van der Waals surface area contributed by atoms with Crippen molar-refractivity contribution in [1.29, 1.82) is 0 Å². The number of unbranched alkanes of at least 4 members (excludes halogenated alkanes) is 1. The largest absolute Gasteiger partial charge is 0.481 e. The molecule has 0 saturated heterocycles. The molecule has 0 heterocycles. The van der Waals surface area contributed by atoms with Crippen molar-refractivity contribution in [2.75, 3.05) is 0 Å². The molecular formula is C23H36O4. The lowest BCUT2D eigenvalue weighted by Crippen LogP contribution is -2.28. The zero-order chi connectivity index (χ0) is 19.7. The number of hydrogen-bond donors (Lipinski definition) is 2. The van der Waals surface area contributed by atoms with Gasteiger partial charge in [-0.25, -0.2) is 0 Å². The molecule has 4 heteroatoms. The molecule has 0 radical (unpaired) electrons. The van der Waals surface area contributed by atoms with E-state index in [0.29, 0.717) is 18.3 Å². The van der Waals surface area contributed by atoms with Crippen molar-refractivity contribution in [3.8, 4) is 0 Å². The lowest BCUT2D eigenvalue weighted by Gasteiger charge is -2.42. The number of aliphatic hydroxyl groups excluding tert-OH is 1. The highest BCUT2D eigenvalue weighted by atomic mass is 16.4. The van der Waals surface area contributed by atoms with Crippen LogP contribution < -0.4 is 0 Å². The van der Waals surface area contributed by atoms with E-state index in [1.807, 2.05) is 12.2 Å². The molecule has 152 valence electrons. The fourth-order valence-corrected chi connectivity index (χ4v) is 4.73. The van der Waals surface area contributed by atoms with Crippen molar-refractivity contribution in [1.82, 2.24) is 0 Å². The molecule has 0 aromatic rings. The summed E-state index contributed by atoms with van der Waals surface area (Å²) in [6.07, 6.45) is 19.0. The van der Waals surface area contributed by atoms with Crippen LogP contribution in [0.25, 0.3) is 0 Å².